The van der Waals surface area contributed by atoms with Gasteiger partial charge in [-0.1, -0.05) is 39.0 Å². The number of hydrogen-bond donors (Lipinski definition) is 1. The highest BCUT2D eigenvalue weighted by Crippen LogP contribution is 2.29. The lowest BCUT2D eigenvalue weighted by atomic mass is 9.90. The van der Waals surface area contributed by atoms with E-state index in [9.17, 15) is 9.90 Å². The van der Waals surface area contributed by atoms with Crippen LogP contribution in [0, 0.1) is 11.8 Å². The number of nitrogens with zero attached hydrogens (tertiary/aromatic N) is 1. The Bertz CT molecular complexity index is 272. The minimum absolute atomic E-state index is 0.0722. The highest BCUT2D eigenvalue weighted by atomic mass is 16.3. The number of aliphatic hydroxyl groups excluding tert-OH is 1. The van der Waals surface area contributed by atoms with Crippen LogP contribution in [-0.4, -0.2) is 35.1 Å². The fourth-order valence-electron chi connectivity index (χ4n) is 3.50. The molecule has 1 heterocycles. The summed E-state index contributed by atoms with van der Waals surface area (Å²) in [6, 6.07) is 0.0722. The first-order valence-electron chi connectivity index (χ1n) is 7.65. The fraction of sp³-hybridized carbons (Fsp3) is 0.933. The predicted molar refractivity (Wildman–Crippen MR) is 72.2 cm³/mol. The average molecular weight is 253 g/mol. The van der Waals surface area contributed by atoms with Gasteiger partial charge in [-0.15, -0.1) is 0 Å². The summed E-state index contributed by atoms with van der Waals surface area (Å²) in [7, 11) is 0. The van der Waals surface area contributed by atoms with Crippen LogP contribution in [-0.2, 0) is 4.79 Å². The minimum Gasteiger partial charge on any atom is -0.394 e. The summed E-state index contributed by atoms with van der Waals surface area (Å²) in [6.07, 6.45) is 9.45. The first kappa shape index (κ1) is 13.9. The van der Waals surface area contributed by atoms with Crippen molar-refractivity contribution in [2.45, 2.75) is 64.3 Å². The Labute approximate surface area is 111 Å². The summed E-state index contributed by atoms with van der Waals surface area (Å²) in [5.74, 6) is 0.998. The molecule has 3 nitrogen and oxygen atoms in total. The van der Waals surface area contributed by atoms with Gasteiger partial charge in [0.15, 0.2) is 0 Å². The second-order valence-corrected chi connectivity index (χ2v) is 6.09. The van der Waals surface area contributed by atoms with Crippen molar-refractivity contribution in [1.29, 1.82) is 0 Å². The summed E-state index contributed by atoms with van der Waals surface area (Å²) in [5.41, 5.74) is 0. The Morgan fingerprint density at radius 1 is 1.11 bits per heavy atom. The van der Waals surface area contributed by atoms with E-state index in [1.165, 1.54) is 32.1 Å². The van der Waals surface area contributed by atoms with Crippen molar-refractivity contribution in [1.82, 2.24) is 4.90 Å². The van der Waals surface area contributed by atoms with Gasteiger partial charge in [0.25, 0.3) is 0 Å². The molecule has 18 heavy (non-hydrogen) atoms. The van der Waals surface area contributed by atoms with Gasteiger partial charge in [0.2, 0.25) is 5.91 Å². The summed E-state index contributed by atoms with van der Waals surface area (Å²) >= 11 is 0. The van der Waals surface area contributed by atoms with E-state index in [1.54, 1.807) is 0 Å². The molecule has 1 saturated heterocycles. The standard InChI is InChI=1S/C15H27NO2/c1-12-9-10-16(14(12)11-17)15(18)13-7-5-3-2-4-6-8-13/h12-14,17H,2-11H2,1H3. The van der Waals surface area contributed by atoms with E-state index in [-0.39, 0.29) is 18.6 Å². The van der Waals surface area contributed by atoms with Crippen molar-refractivity contribution < 1.29 is 9.90 Å². The van der Waals surface area contributed by atoms with Crippen LogP contribution >= 0.6 is 0 Å². The molecule has 0 spiro atoms. The first-order valence-corrected chi connectivity index (χ1v) is 7.65. The average Bonchev–Trinajstić information content (AvgIpc) is 2.69. The van der Waals surface area contributed by atoms with Gasteiger partial charge in [-0.25, -0.2) is 0 Å². The Hall–Kier alpha value is -0.570. The van der Waals surface area contributed by atoms with Gasteiger partial charge < -0.3 is 10.0 Å². The zero-order valence-electron chi connectivity index (χ0n) is 11.6. The van der Waals surface area contributed by atoms with Crippen molar-refractivity contribution in [2.24, 2.45) is 11.8 Å². The Kier molecular flexibility index (Phi) is 5.04. The maximum Gasteiger partial charge on any atom is 0.226 e. The summed E-state index contributed by atoms with van der Waals surface area (Å²) in [5, 5.41) is 9.46. The van der Waals surface area contributed by atoms with Crippen molar-refractivity contribution in [3.63, 3.8) is 0 Å². The molecule has 0 bridgehead atoms. The van der Waals surface area contributed by atoms with Gasteiger partial charge >= 0.3 is 0 Å². The summed E-state index contributed by atoms with van der Waals surface area (Å²) < 4.78 is 0. The molecule has 2 atom stereocenters. The molecular weight excluding hydrogens is 226 g/mol. The smallest absolute Gasteiger partial charge is 0.226 e. The fourth-order valence-corrected chi connectivity index (χ4v) is 3.50. The molecule has 1 N–H and O–H groups in total. The van der Waals surface area contributed by atoms with Gasteiger partial charge in [0, 0.05) is 12.5 Å². The van der Waals surface area contributed by atoms with Gasteiger partial charge in [-0.3, -0.25) is 4.79 Å². The molecule has 2 aliphatic rings. The van der Waals surface area contributed by atoms with Crippen LogP contribution in [0.4, 0.5) is 0 Å². The molecule has 0 aromatic rings. The number of aliphatic hydroxyl groups is 1. The van der Waals surface area contributed by atoms with Crippen molar-refractivity contribution in [3.8, 4) is 0 Å². The Morgan fingerprint density at radius 3 is 2.33 bits per heavy atom. The lowest BCUT2D eigenvalue weighted by Crippen LogP contribution is -2.43. The van der Waals surface area contributed by atoms with Crippen LogP contribution < -0.4 is 0 Å². The highest BCUT2D eigenvalue weighted by Gasteiger charge is 2.36. The molecule has 1 saturated carbocycles. The van der Waals surface area contributed by atoms with Crippen molar-refractivity contribution >= 4 is 5.91 Å². The summed E-state index contributed by atoms with van der Waals surface area (Å²) in [4.78, 5) is 14.6. The number of carbonyl (C=O) groups is 1. The molecule has 1 amide bonds. The number of hydrogen-bond acceptors (Lipinski definition) is 2. The van der Waals surface area contributed by atoms with E-state index >= 15 is 0 Å². The number of amides is 1. The predicted octanol–water partition coefficient (Wildman–Crippen LogP) is 2.58. The van der Waals surface area contributed by atoms with Crippen LogP contribution in [0.2, 0.25) is 0 Å². The van der Waals surface area contributed by atoms with Gasteiger partial charge in [-0.05, 0) is 25.2 Å². The third kappa shape index (κ3) is 3.05. The zero-order chi connectivity index (χ0) is 13.0. The topological polar surface area (TPSA) is 40.5 Å². The SMILES string of the molecule is CC1CCN(C(=O)C2CCCCCCC2)C1CO. The Balaban J connectivity index is 1.96. The lowest BCUT2D eigenvalue weighted by Gasteiger charge is -2.30. The number of likely N-dealkylation sites (tertiary alicyclic amines) is 1. The van der Waals surface area contributed by atoms with Crippen LogP contribution in [0.3, 0.4) is 0 Å². The van der Waals surface area contributed by atoms with Crippen molar-refractivity contribution in [2.75, 3.05) is 13.2 Å². The first-order chi connectivity index (χ1) is 8.74. The largest absolute Gasteiger partial charge is 0.394 e. The molecule has 1 aliphatic carbocycles. The van der Waals surface area contributed by atoms with Crippen LogP contribution in [0.15, 0.2) is 0 Å². The third-order valence-electron chi connectivity index (χ3n) is 4.81. The van der Waals surface area contributed by atoms with Crippen LogP contribution in [0.1, 0.15) is 58.3 Å². The highest BCUT2D eigenvalue weighted by molar-refractivity contribution is 5.79. The minimum atomic E-state index is 0.0722. The maximum atomic E-state index is 12.6. The van der Waals surface area contributed by atoms with E-state index in [1.807, 2.05) is 4.90 Å². The second-order valence-electron chi connectivity index (χ2n) is 6.09. The number of carbonyl (C=O) groups excluding carboxylic acids is 1. The quantitative estimate of drug-likeness (QED) is 0.821. The molecule has 2 fully saturated rings. The van der Waals surface area contributed by atoms with Crippen molar-refractivity contribution in [3.05, 3.63) is 0 Å². The molecule has 2 unspecified atom stereocenters. The maximum absolute atomic E-state index is 12.6. The van der Waals surface area contributed by atoms with E-state index < -0.39 is 0 Å². The molecule has 3 heteroatoms. The zero-order valence-corrected chi connectivity index (χ0v) is 11.6. The van der Waals surface area contributed by atoms with E-state index in [0.717, 1.165) is 25.8 Å². The normalized spacial score (nSPS) is 31.1. The Morgan fingerprint density at radius 2 is 1.72 bits per heavy atom. The molecule has 104 valence electrons. The van der Waals surface area contributed by atoms with E-state index in [0.29, 0.717) is 11.8 Å². The molecule has 2 rings (SSSR count). The summed E-state index contributed by atoms with van der Waals surface area (Å²) in [6.45, 7) is 3.12. The molecule has 0 aromatic carbocycles. The van der Waals surface area contributed by atoms with Gasteiger partial charge in [0.05, 0.1) is 12.6 Å². The monoisotopic (exact) mass is 253 g/mol. The third-order valence-corrected chi connectivity index (χ3v) is 4.81. The second kappa shape index (κ2) is 6.55. The van der Waals surface area contributed by atoms with Gasteiger partial charge in [-0.2, -0.15) is 0 Å². The molecule has 0 radical (unpaired) electrons. The van der Waals surface area contributed by atoms with E-state index in [4.69, 9.17) is 0 Å². The number of rotatable bonds is 2. The van der Waals surface area contributed by atoms with Crippen LogP contribution in [0.5, 0.6) is 0 Å². The lowest BCUT2D eigenvalue weighted by molar-refractivity contribution is -0.138. The molecule has 0 aromatic heterocycles. The molecular formula is C15H27NO2. The van der Waals surface area contributed by atoms with Gasteiger partial charge in [0.1, 0.15) is 0 Å². The van der Waals surface area contributed by atoms with Crippen LogP contribution in [0.25, 0.3) is 0 Å². The van der Waals surface area contributed by atoms with E-state index in [2.05, 4.69) is 6.92 Å². The molecule has 1 aliphatic heterocycles.